The van der Waals surface area contributed by atoms with Crippen LogP contribution >= 0.6 is 0 Å². The first-order valence-electron chi connectivity index (χ1n) is 6.44. The van der Waals surface area contributed by atoms with E-state index in [9.17, 15) is 9.90 Å². The van der Waals surface area contributed by atoms with E-state index in [0.29, 0.717) is 19.5 Å². The molecule has 0 aromatic carbocycles. The Kier molecular flexibility index (Phi) is 4.20. The largest absolute Gasteiger partial charge is 0.386 e. The number of aliphatic hydroxyl groups is 1. The summed E-state index contributed by atoms with van der Waals surface area (Å²) in [5.41, 5.74) is 5.29. The van der Waals surface area contributed by atoms with Crippen LogP contribution in [0.2, 0.25) is 0 Å². The fourth-order valence-electron chi connectivity index (χ4n) is 2.09. The van der Waals surface area contributed by atoms with Crippen molar-refractivity contribution in [2.75, 3.05) is 13.1 Å². The molecule has 0 bridgehead atoms. The number of nitrogens with two attached hydrogens (primary N) is 1. The van der Waals surface area contributed by atoms with Crippen LogP contribution in [0.4, 0.5) is 0 Å². The standard InChI is InChI=1S/C13H26N2O2/c1-5-6-13(17)8-15(9-13)11(16)7-10(14)12(2,3)4/h10,17H,5-9,14H2,1-4H3. The molecule has 1 fully saturated rings. The Morgan fingerprint density at radius 1 is 1.47 bits per heavy atom. The van der Waals surface area contributed by atoms with Crippen LogP contribution in [0.5, 0.6) is 0 Å². The second-order valence-electron chi connectivity index (χ2n) is 6.40. The Morgan fingerprint density at radius 3 is 2.41 bits per heavy atom. The van der Waals surface area contributed by atoms with E-state index < -0.39 is 5.60 Å². The molecule has 0 aliphatic carbocycles. The summed E-state index contributed by atoms with van der Waals surface area (Å²) in [6.07, 6.45) is 2.08. The van der Waals surface area contributed by atoms with Gasteiger partial charge in [-0.25, -0.2) is 0 Å². The van der Waals surface area contributed by atoms with E-state index in [1.165, 1.54) is 0 Å². The molecule has 0 aromatic heterocycles. The minimum Gasteiger partial charge on any atom is -0.386 e. The molecule has 1 rings (SSSR count). The van der Waals surface area contributed by atoms with Crippen LogP contribution in [0, 0.1) is 5.41 Å². The zero-order valence-electron chi connectivity index (χ0n) is 11.5. The van der Waals surface area contributed by atoms with E-state index in [4.69, 9.17) is 5.73 Å². The summed E-state index contributed by atoms with van der Waals surface area (Å²) in [5.74, 6) is 0.0632. The lowest BCUT2D eigenvalue weighted by Gasteiger charge is -2.47. The Labute approximate surface area is 104 Å². The van der Waals surface area contributed by atoms with Crippen molar-refractivity contribution in [3.05, 3.63) is 0 Å². The van der Waals surface area contributed by atoms with E-state index in [-0.39, 0.29) is 17.4 Å². The number of carbonyl (C=O) groups excluding carboxylic acids is 1. The molecule has 1 unspecified atom stereocenters. The number of likely N-dealkylation sites (tertiary alicyclic amines) is 1. The van der Waals surface area contributed by atoms with Crippen LogP contribution < -0.4 is 5.73 Å². The van der Waals surface area contributed by atoms with Crippen molar-refractivity contribution in [2.45, 2.75) is 58.6 Å². The zero-order chi connectivity index (χ0) is 13.3. The molecule has 4 nitrogen and oxygen atoms in total. The topological polar surface area (TPSA) is 66.6 Å². The number of hydrogen-bond acceptors (Lipinski definition) is 3. The molecular weight excluding hydrogens is 216 g/mol. The quantitative estimate of drug-likeness (QED) is 0.776. The van der Waals surface area contributed by atoms with Crippen molar-refractivity contribution < 1.29 is 9.90 Å². The third-order valence-corrected chi connectivity index (χ3v) is 3.55. The second kappa shape index (κ2) is 4.94. The highest BCUT2D eigenvalue weighted by molar-refractivity contribution is 5.78. The molecular formula is C13H26N2O2. The molecule has 1 aliphatic heterocycles. The third-order valence-electron chi connectivity index (χ3n) is 3.55. The normalized spacial score (nSPS) is 20.9. The highest BCUT2D eigenvalue weighted by Crippen LogP contribution is 2.28. The number of β-amino-alcohol motifs (C(OH)–C–C–N with tert-alkyl or cyclic N) is 1. The average Bonchev–Trinajstić information content (AvgIpc) is 2.12. The minimum atomic E-state index is -0.643. The van der Waals surface area contributed by atoms with E-state index in [2.05, 4.69) is 0 Å². The Balaban J connectivity index is 2.38. The summed E-state index contributed by atoms with van der Waals surface area (Å²) in [4.78, 5) is 13.6. The van der Waals surface area contributed by atoms with Gasteiger partial charge in [-0.15, -0.1) is 0 Å². The molecule has 1 aliphatic rings. The SMILES string of the molecule is CCCC1(O)CN(C(=O)CC(N)C(C)(C)C)C1. The highest BCUT2D eigenvalue weighted by atomic mass is 16.3. The van der Waals surface area contributed by atoms with Crippen LogP contribution in [0.15, 0.2) is 0 Å². The number of hydrogen-bond donors (Lipinski definition) is 2. The van der Waals surface area contributed by atoms with Gasteiger partial charge < -0.3 is 15.7 Å². The third kappa shape index (κ3) is 3.68. The molecule has 1 saturated heterocycles. The van der Waals surface area contributed by atoms with E-state index >= 15 is 0 Å². The summed E-state index contributed by atoms with van der Waals surface area (Å²) in [5, 5.41) is 10.00. The fourth-order valence-corrected chi connectivity index (χ4v) is 2.09. The van der Waals surface area contributed by atoms with Crippen molar-refractivity contribution in [1.82, 2.24) is 4.90 Å². The number of nitrogens with zero attached hydrogens (tertiary/aromatic N) is 1. The molecule has 3 N–H and O–H groups in total. The summed E-state index contributed by atoms with van der Waals surface area (Å²) in [6.45, 7) is 9.09. The van der Waals surface area contributed by atoms with Crippen molar-refractivity contribution in [3.8, 4) is 0 Å². The monoisotopic (exact) mass is 242 g/mol. The zero-order valence-corrected chi connectivity index (χ0v) is 11.5. The van der Waals surface area contributed by atoms with Crippen molar-refractivity contribution in [1.29, 1.82) is 0 Å². The van der Waals surface area contributed by atoms with E-state index in [0.717, 1.165) is 12.8 Å². The maximum Gasteiger partial charge on any atom is 0.224 e. The first kappa shape index (κ1) is 14.5. The van der Waals surface area contributed by atoms with Crippen molar-refractivity contribution in [3.63, 3.8) is 0 Å². The molecule has 0 spiro atoms. The van der Waals surface area contributed by atoms with Crippen LogP contribution in [-0.2, 0) is 4.79 Å². The first-order valence-corrected chi connectivity index (χ1v) is 6.44. The average molecular weight is 242 g/mol. The summed E-state index contributed by atoms with van der Waals surface area (Å²) >= 11 is 0. The number of carbonyl (C=O) groups is 1. The summed E-state index contributed by atoms with van der Waals surface area (Å²) in [7, 11) is 0. The van der Waals surface area contributed by atoms with Gasteiger partial charge in [0.15, 0.2) is 0 Å². The number of rotatable bonds is 4. The minimum absolute atomic E-state index is 0.0553. The fraction of sp³-hybridized carbons (Fsp3) is 0.923. The molecule has 0 radical (unpaired) electrons. The van der Waals surface area contributed by atoms with Gasteiger partial charge in [-0.3, -0.25) is 4.79 Å². The van der Waals surface area contributed by atoms with Crippen molar-refractivity contribution >= 4 is 5.91 Å². The Bertz CT molecular complexity index is 278. The smallest absolute Gasteiger partial charge is 0.224 e. The lowest BCUT2D eigenvalue weighted by molar-refractivity contribution is -0.157. The van der Waals surface area contributed by atoms with Gasteiger partial charge in [0, 0.05) is 12.5 Å². The summed E-state index contributed by atoms with van der Waals surface area (Å²) in [6, 6.07) is -0.130. The lowest BCUT2D eigenvalue weighted by atomic mass is 9.84. The van der Waals surface area contributed by atoms with E-state index in [1.807, 2.05) is 27.7 Å². The molecule has 0 aromatic rings. The van der Waals surface area contributed by atoms with Crippen molar-refractivity contribution in [2.24, 2.45) is 11.1 Å². The highest BCUT2D eigenvalue weighted by Gasteiger charge is 2.43. The molecule has 4 heteroatoms. The van der Waals surface area contributed by atoms with Gasteiger partial charge >= 0.3 is 0 Å². The van der Waals surface area contributed by atoms with Gasteiger partial charge in [0.25, 0.3) is 0 Å². The van der Waals surface area contributed by atoms with E-state index in [1.54, 1.807) is 4.90 Å². The van der Waals surface area contributed by atoms with Gasteiger partial charge in [0.05, 0.1) is 18.7 Å². The molecule has 1 atom stereocenters. The maximum absolute atomic E-state index is 11.9. The van der Waals surface area contributed by atoms with Crippen LogP contribution in [-0.4, -0.2) is 40.6 Å². The number of amides is 1. The molecule has 17 heavy (non-hydrogen) atoms. The predicted molar refractivity (Wildman–Crippen MR) is 68.5 cm³/mol. The second-order valence-corrected chi connectivity index (χ2v) is 6.40. The molecule has 0 saturated carbocycles. The van der Waals surface area contributed by atoms with Crippen LogP contribution in [0.25, 0.3) is 0 Å². The summed E-state index contributed by atoms with van der Waals surface area (Å²) < 4.78 is 0. The Hall–Kier alpha value is -0.610. The van der Waals surface area contributed by atoms with Crippen LogP contribution in [0.3, 0.4) is 0 Å². The van der Waals surface area contributed by atoms with Gasteiger partial charge in [-0.05, 0) is 11.8 Å². The predicted octanol–water partition coefficient (Wildman–Crippen LogP) is 1.12. The van der Waals surface area contributed by atoms with Gasteiger partial charge in [0.2, 0.25) is 5.91 Å². The molecule has 100 valence electrons. The molecule has 1 heterocycles. The Morgan fingerprint density at radius 2 is 2.00 bits per heavy atom. The lowest BCUT2D eigenvalue weighted by Crippen LogP contribution is -2.64. The van der Waals surface area contributed by atoms with Crippen LogP contribution in [0.1, 0.15) is 47.0 Å². The van der Waals surface area contributed by atoms with Gasteiger partial charge in [0.1, 0.15) is 0 Å². The maximum atomic E-state index is 11.9. The van der Waals surface area contributed by atoms with Gasteiger partial charge in [-0.2, -0.15) is 0 Å². The first-order chi connectivity index (χ1) is 7.68. The van der Waals surface area contributed by atoms with Gasteiger partial charge in [-0.1, -0.05) is 34.1 Å². The molecule has 1 amide bonds.